The highest BCUT2D eigenvalue weighted by Gasteiger charge is 2.40. The van der Waals surface area contributed by atoms with Gasteiger partial charge in [-0.15, -0.1) is 0 Å². The van der Waals surface area contributed by atoms with Gasteiger partial charge in [0, 0.05) is 5.57 Å². The molecule has 0 aromatic rings. The second kappa shape index (κ2) is 7.82. The highest BCUT2D eigenvalue weighted by molar-refractivity contribution is 5.88. The molecule has 0 amide bonds. The molecule has 0 rings (SSSR count). The van der Waals surface area contributed by atoms with Gasteiger partial charge < -0.3 is 25.5 Å². The highest BCUT2D eigenvalue weighted by atomic mass is 16.4. The molecule has 0 atom stereocenters. The second-order valence-electron chi connectivity index (χ2n) is 3.56. The van der Waals surface area contributed by atoms with E-state index in [1.165, 1.54) is 6.92 Å². The van der Waals surface area contributed by atoms with E-state index in [4.69, 9.17) is 25.5 Å². The van der Waals surface area contributed by atoms with Gasteiger partial charge in [0.25, 0.3) is 0 Å². The Balaban J connectivity index is 0. The van der Waals surface area contributed by atoms with Gasteiger partial charge in [-0.05, 0) is 6.92 Å². The SMILES string of the molecule is C=C(C)C(=O)O.O=C(O)CC(O)(CC(=O)O)C(=O)O. The molecule has 0 saturated carbocycles. The third-order valence-corrected chi connectivity index (χ3v) is 1.65. The fourth-order valence-corrected chi connectivity index (χ4v) is 0.714. The number of carboxylic acid groups (broad SMARTS) is 4. The van der Waals surface area contributed by atoms with Gasteiger partial charge in [-0.1, -0.05) is 6.58 Å². The minimum Gasteiger partial charge on any atom is -0.481 e. The van der Waals surface area contributed by atoms with Crippen molar-refractivity contribution in [3.05, 3.63) is 12.2 Å². The van der Waals surface area contributed by atoms with Crippen molar-refractivity contribution in [1.29, 1.82) is 0 Å². The van der Waals surface area contributed by atoms with Crippen LogP contribution in [0.15, 0.2) is 12.2 Å². The molecule has 0 unspecified atom stereocenters. The van der Waals surface area contributed by atoms with E-state index in [9.17, 15) is 19.2 Å². The van der Waals surface area contributed by atoms with Crippen LogP contribution in [0.2, 0.25) is 0 Å². The van der Waals surface area contributed by atoms with E-state index in [0.29, 0.717) is 0 Å². The summed E-state index contributed by atoms with van der Waals surface area (Å²) in [6.45, 7) is 4.60. The highest BCUT2D eigenvalue weighted by Crippen LogP contribution is 2.15. The topological polar surface area (TPSA) is 169 Å². The van der Waals surface area contributed by atoms with Crippen LogP contribution in [0.5, 0.6) is 0 Å². The molecule has 0 aliphatic heterocycles. The smallest absolute Gasteiger partial charge is 0.336 e. The number of aliphatic carboxylic acids is 4. The van der Waals surface area contributed by atoms with Gasteiger partial charge >= 0.3 is 23.9 Å². The Labute approximate surface area is 107 Å². The van der Waals surface area contributed by atoms with Crippen molar-refractivity contribution in [2.24, 2.45) is 0 Å². The molecule has 0 saturated heterocycles. The van der Waals surface area contributed by atoms with Gasteiger partial charge in [0.15, 0.2) is 5.60 Å². The fraction of sp³-hybridized carbons (Fsp3) is 0.400. The zero-order chi connectivity index (χ0) is 15.8. The summed E-state index contributed by atoms with van der Waals surface area (Å²) in [5.74, 6) is -5.95. The maximum atomic E-state index is 10.3. The van der Waals surface area contributed by atoms with Crippen molar-refractivity contribution >= 4 is 23.9 Å². The lowest BCUT2D eigenvalue weighted by Crippen LogP contribution is -2.42. The molecule has 9 nitrogen and oxygen atoms in total. The Bertz CT molecular complexity index is 368. The van der Waals surface area contributed by atoms with Crippen LogP contribution in [0.3, 0.4) is 0 Å². The van der Waals surface area contributed by atoms with Crippen LogP contribution in [0, 0.1) is 0 Å². The van der Waals surface area contributed by atoms with Crippen LogP contribution in [-0.4, -0.2) is 55.0 Å². The summed E-state index contributed by atoms with van der Waals surface area (Å²) in [4.78, 5) is 40.1. The van der Waals surface area contributed by atoms with Crippen molar-refractivity contribution in [1.82, 2.24) is 0 Å². The standard InChI is InChI=1S/C6H8O7.C4H6O2/c7-3(8)1-6(13,5(11)12)2-4(9)10;1-3(2)4(5)6/h13H,1-2H2,(H,7,8)(H,9,10)(H,11,12);1H2,2H3,(H,5,6). The Morgan fingerprint density at radius 2 is 1.21 bits per heavy atom. The van der Waals surface area contributed by atoms with Crippen molar-refractivity contribution in [3.8, 4) is 0 Å². The first-order valence-corrected chi connectivity index (χ1v) is 4.70. The molecule has 0 heterocycles. The average molecular weight is 278 g/mol. The Morgan fingerprint density at radius 1 is 0.947 bits per heavy atom. The van der Waals surface area contributed by atoms with Crippen LogP contribution in [0.25, 0.3) is 0 Å². The third kappa shape index (κ3) is 9.30. The molecule has 0 bridgehead atoms. The predicted molar refractivity (Wildman–Crippen MR) is 59.5 cm³/mol. The largest absolute Gasteiger partial charge is 0.481 e. The molecule has 0 aromatic heterocycles. The summed E-state index contributed by atoms with van der Waals surface area (Å²) in [7, 11) is 0. The molecule has 0 aliphatic rings. The first kappa shape index (κ1) is 18.9. The number of hydrogen-bond donors (Lipinski definition) is 5. The molecule has 9 heteroatoms. The maximum Gasteiger partial charge on any atom is 0.336 e. The summed E-state index contributed by atoms with van der Waals surface area (Å²) in [5.41, 5.74) is -2.56. The number of hydrogen-bond acceptors (Lipinski definition) is 5. The Hall–Kier alpha value is -2.42. The first-order valence-electron chi connectivity index (χ1n) is 4.70. The van der Waals surface area contributed by atoms with Crippen LogP contribution < -0.4 is 0 Å². The molecule has 108 valence electrons. The van der Waals surface area contributed by atoms with Crippen molar-refractivity contribution in [2.75, 3.05) is 0 Å². The molecule has 0 fully saturated rings. The quantitative estimate of drug-likeness (QED) is 0.398. The third-order valence-electron chi connectivity index (χ3n) is 1.65. The second-order valence-corrected chi connectivity index (χ2v) is 3.56. The molecular weight excluding hydrogens is 264 g/mol. The van der Waals surface area contributed by atoms with E-state index < -0.39 is 42.3 Å². The maximum absolute atomic E-state index is 10.3. The molecule has 0 aliphatic carbocycles. The normalized spacial score (nSPS) is 9.79. The van der Waals surface area contributed by atoms with E-state index in [-0.39, 0.29) is 5.57 Å². The summed E-state index contributed by atoms with van der Waals surface area (Å²) < 4.78 is 0. The Morgan fingerprint density at radius 3 is 1.32 bits per heavy atom. The molecule has 0 spiro atoms. The number of rotatable bonds is 6. The number of carbonyl (C=O) groups is 4. The minimum absolute atomic E-state index is 0.176. The van der Waals surface area contributed by atoms with Gasteiger partial charge in [0.2, 0.25) is 0 Å². The van der Waals surface area contributed by atoms with Gasteiger partial charge in [0.05, 0.1) is 12.8 Å². The zero-order valence-corrected chi connectivity index (χ0v) is 9.99. The van der Waals surface area contributed by atoms with Crippen LogP contribution in [0.1, 0.15) is 19.8 Å². The summed E-state index contributed by atoms with van der Waals surface area (Å²) in [6, 6.07) is 0. The molecule has 0 aromatic carbocycles. The predicted octanol–water partition coefficient (Wildman–Crippen LogP) is -0.601. The minimum atomic E-state index is -2.74. The van der Waals surface area contributed by atoms with Gasteiger partial charge in [-0.25, -0.2) is 9.59 Å². The van der Waals surface area contributed by atoms with Crippen LogP contribution in [-0.2, 0) is 19.2 Å². The number of carboxylic acids is 4. The van der Waals surface area contributed by atoms with E-state index in [0.717, 1.165) is 0 Å². The van der Waals surface area contributed by atoms with E-state index >= 15 is 0 Å². The first-order chi connectivity index (χ1) is 8.42. The molecule has 0 radical (unpaired) electrons. The number of aliphatic hydroxyl groups is 1. The lowest BCUT2D eigenvalue weighted by Gasteiger charge is -2.18. The summed E-state index contributed by atoms with van der Waals surface area (Å²) in [6.07, 6.45) is -2.29. The zero-order valence-electron chi connectivity index (χ0n) is 9.99. The lowest BCUT2D eigenvalue weighted by molar-refractivity contribution is -0.170. The van der Waals surface area contributed by atoms with E-state index in [1.807, 2.05) is 0 Å². The van der Waals surface area contributed by atoms with Crippen LogP contribution >= 0.6 is 0 Å². The van der Waals surface area contributed by atoms with E-state index in [2.05, 4.69) is 6.58 Å². The van der Waals surface area contributed by atoms with Gasteiger partial charge in [-0.3, -0.25) is 9.59 Å². The van der Waals surface area contributed by atoms with E-state index in [1.54, 1.807) is 0 Å². The lowest BCUT2D eigenvalue weighted by atomic mass is 9.96. The van der Waals surface area contributed by atoms with Gasteiger partial charge in [-0.2, -0.15) is 0 Å². The fourth-order valence-electron chi connectivity index (χ4n) is 0.714. The molecule has 5 N–H and O–H groups in total. The van der Waals surface area contributed by atoms with Crippen molar-refractivity contribution in [2.45, 2.75) is 25.4 Å². The Kier molecular flexibility index (Phi) is 7.79. The molecule has 19 heavy (non-hydrogen) atoms. The monoisotopic (exact) mass is 278 g/mol. The van der Waals surface area contributed by atoms with Gasteiger partial charge in [0.1, 0.15) is 0 Å². The van der Waals surface area contributed by atoms with Crippen molar-refractivity contribution < 1.29 is 44.7 Å². The average Bonchev–Trinajstić information content (AvgIpc) is 2.14. The molecular formula is C10H14O9. The summed E-state index contributed by atoms with van der Waals surface area (Å²) in [5, 5.41) is 41.7. The van der Waals surface area contributed by atoms with Crippen molar-refractivity contribution in [3.63, 3.8) is 0 Å². The summed E-state index contributed by atoms with van der Waals surface area (Å²) >= 11 is 0. The van der Waals surface area contributed by atoms with Crippen LogP contribution in [0.4, 0.5) is 0 Å².